The molecule has 1 aliphatic heterocycles. The smallest absolute Gasteiger partial charge is 0.136 e. The van der Waals surface area contributed by atoms with Crippen LogP contribution in [0.5, 0.6) is 0 Å². The molecule has 0 radical (unpaired) electrons. The summed E-state index contributed by atoms with van der Waals surface area (Å²) in [6.45, 7) is 1.60. The van der Waals surface area contributed by atoms with E-state index in [-0.39, 0.29) is 0 Å². The van der Waals surface area contributed by atoms with E-state index in [9.17, 15) is 4.21 Å². The lowest BCUT2D eigenvalue weighted by atomic mass is 10.3. The Bertz CT molecular complexity index is 451. The van der Waals surface area contributed by atoms with E-state index in [0.717, 1.165) is 36.2 Å². The van der Waals surface area contributed by atoms with Gasteiger partial charge in [-0.15, -0.1) is 0 Å². The molecule has 0 unspecified atom stereocenters. The Labute approximate surface area is 103 Å². The quantitative estimate of drug-likeness (QED) is 0.830. The van der Waals surface area contributed by atoms with Gasteiger partial charge in [0.1, 0.15) is 17.5 Å². The van der Waals surface area contributed by atoms with Gasteiger partial charge in [0, 0.05) is 47.4 Å². The maximum Gasteiger partial charge on any atom is 0.136 e. The third kappa shape index (κ3) is 2.41. The Morgan fingerprint density at radius 3 is 2.65 bits per heavy atom. The van der Waals surface area contributed by atoms with Gasteiger partial charge >= 0.3 is 0 Å². The highest BCUT2D eigenvalue weighted by molar-refractivity contribution is 7.85. The van der Waals surface area contributed by atoms with Crippen LogP contribution in [0.4, 0.5) is 11.6 Å². The van der Waals surface area contributed by atoms with E-state index in [1.165, 1.54) is 12.8 Å². The van der Waals surface area contributed by atoms with Crippen LogP contribution in [0.1, 0.15) is 24.6 Å². The van der Waals surface area contributed by atoms with Gasteiger partial charge in [-0.3, -0.25) is 4.21 Å². The van der Waals surface area contributed by atoms with Crippen molar-refractivity contribution in [3.05, 3.63) is 11.9 Å². The summed E-state index contributed by atoms with van der Waals surface area (Å²) < 4.78 is 11.3. The Morgan fingerprint density at radius 2 is 2.00 bits per heavy atom. The minimum absolute atomic E-state index is 0.510. The van der Waals surface area contributed by atoms with Crippen LogP contribution < -0.4 is 10.6 Å². The highest BCUT2D eigenvalue weighted by atomic mass is 32.2. The molecule has 6 heteroatoms. The van der Waals surface area contributed by atoms with Gasteiger partial charge in [-0.05, 0) is 12.8 Å². The number of hydrogen-bond donors (Lipinski definition) is 1. The molecule has 92 valence electrons. The Morgan fingerprint density at radius 1 is 1.29 bits per heavy atom. The summed E-state index contributed by atoms with van der Waals surface area (Å²) in [4.78, 5) is 11.0. The van der Waals surface area contributed by atoms with Crippen molar-refractivity contribution in [1.29, 1.82) is 0 Å². The van der Waals surface area contributed by atoms with Crippen LogP contribution in [0.25, 0.3) is 0 Å². The summed E-state index contributed by atoms with van der Waals surface area (Å²) in [6, 6.07) is 1.82. The van der Waals surface area contributed by atoms with Crippen LogP contribution in [0.3, 0.4) is 0 Å². The lowest BCUT2D eigenvalue weighted by Gasteiger charge is -2.27. The first kappa shape index (κ1) is 11.0. The van der Waals surface area contributed by atoms with Crippen LogP contribution in [0, 0.1) is 0 Å². The topological polar surface area (TPSA) is 72.1 Å². The van der Waals surface area contributed by atoms with Gasteiger partial charge in [-0.1, -0.05) is 0 Å². The van der Waals surface area contributed by atoms with E-state index < -0.39 is 10.8 Å². The Kier molecular flexibility index (Phi) is 2.74. The molecule has 1 aromatic rings. The van der Waals surface area contributed by atoms with Gasteiger partial charge in [0.2, 0.25) is 0 Å². The zero-order valence-corrected chi connectivity index (χ0v) is 10.4. The molecule has 0 aromatic carbocycles. The fraction of sp³-hybridized carbons (Fsp3) is 0.636. The number of rotatable bonds is 2. The number of hydrogen-bond acceptors (Lipinski definition) is 5. The maximum absolute atomic E-state index is 11.3. The standard InChI is InChI=1S/C11H16N4OS/c12-9-7-10(14-11(13-9)8-1-2-8)15-3-5-17(16)6-4-15/h7-8H,1-6H2,(H2,12,13,14). The number of nitrogen functional groups attached to an aromatic ring is 1. The lowest BCUT2D eigenvalue weighted by molar-refractivity contribution is 0.672. The summed E-state index contributed by atoms with van der Waals surface area (Å²) >= 11 is 0. The van der Waals surface area contributed by atoms with Gasteiger partial charge in [-0.2, -0.15) is 0 Å². The fourth-order valence-corrected chi connectivity index (χ4v) is 3.08. The normalized spacial score (nSPS) is 21.8. The molecule has 1 saturated carbocycles. The van der Waals surface area contributed by atoms with E-state index in [0.29, 0.717) is 11.7 Å². The predicted octanol–water partition coefficient (Wildman–Crippen LogP) is 0.505. The number of anilines is 2. The number of nitrogens with zero attached hydrogens (tertiary/aromatic N) is 3. The van der Waals surface area contributed by atoms with Gasteiger partial charge < -0.3 is 10.6 Å². The molecule has 2 fully saturated rings. The Balaban J connectivity index is 1.83. The van der Waals surface area contributed by atoms with E-state index >= 15 is 0 Å². The molecule has 17 heavy (non-hydrogen) atoms. The Hall–Kier alpha value is -1.17. The summed E-state index contributed by atoms with van der Waals surface area (Å²) in [5.74, 6) is 4.29. The minimum atomic E-state index is -0.658. The third-order valence-corrected chi connectivity index (χ3v) is 4.47. The highest BCUT2D eigenvalue weighted by Gasteiger charge is 2.28. The first-order chi connectivity index (χ1) is 8.22. The summed E-state index contributed by atoms with van der Waals surface area (Å²) in [5.41, 5.74) is 5.82. The molecule has 0 bridgehead atoms. The SMILES string of the molecule is Nc1cc(N2CCS(=O)CC2)nc(C2CC2)n1. The van der Waals surface area contributed by atoms with Crippen LogP contribution in [0.2, 0.25) is 0 Å². The molecule has 2 N–H and O–H groups in total. The van der Waals surface area contributed by atoms with Crippen molar-refractivity contribution >= 4 is 22.4 Å². The van der Waals surface area contributed by atoms with Gasteiger partial charge in [-0.25, -0.2) is 9.97 Å². The molecule has 3 rings (SSSR count). The van der Waals surface area contributed by atoms with E-state index in [1.807, 2.05) is 6.07 Å². The molecule has 2 heterocycles. The van der Waals surface area contributed by atoms with Crippen LogP contribution in [0.15, 0.2) is 6.07 Å². The van der Waals surface area contributed by atoms with Gasteiger partial charge in [0.25, 0.3) is 0 Å². The summed E-state index contributed by atoms with van der Waals surface area (Å²) in [5, 5.41) is 0. The van der Waals surface area contributed by atoms with Crippen molar-refractivity contribution in [1.82, 2.24) is 9.97 Å². The second kappa shape index (κ2) is 4.25. The molecule has 0 atom stereocenters. The van der Waals surface area contributed by atoms with Crippen molar-refractivity contribution in [3.63, 3.8) is 0 Å². The molecule has 1 saturated heterocycles. The zero-order valence-electron chi connectivity index (χ0n) is 9.63. The molecular formula is C11H16N4OS. The van der Waals surface area contributed by atoms with Crippen molar-refractivity contribution < 1.29 is 4.21 Å². The van der Waals surface area contributed by atoms with Crippen molar-refractivity contribution in [3.8, 4) is 0 Å². The average Bonchev–Trinajstić information content (AvgIpc) is 3.13. The average molecular weight is 252 g/mol. The van der Waals surface area contributed by atoms with Gasteiger partial charge in [0.15, 0.2) is 0 Å². The monoisotopic (exact) mass is 252 g/mol. The van der Waals surface area contributed by atoms with Crippen LogP contribution in [-0.4, -0.2) is 38.8 Å². The van der Waals surface area contributed by atoms with Crippen molar-refractivity contribution in [2.75, 3.05) is 35.2 Å². The predicted molar refractivity (Wildman–Crippen MR) is 68.5 cm³/mol. The van der Waals surface area contributed by atoms with E-state index in [4.69, 9.17) is 5.73 Å². The largest absolute Gasteiger partial charge is 0.384 e. The second-order valence-electron chi connectivity index (χ2n) is 4.62. The van der Waals surface area contributed by atoms with Crippen molar-refractivity contribution in [2.45, 2.75) is 18.8 Å². The molecule has 2 aliphatic rings. The van der Waals surface area contributed by atoms with Crippen molar-refractivity contribution in [2.24, 2.45) is 0 Å². The molecule has 0 spiro atoms. The minimum Gasteiger partial charge on any atom is -0.384 e. The summed E-state index contributed by atoms with van der Waals surface area (Å²) in [7, 11) is -0.658. The number of nitrogens with two attached hydrogens (primary N) is 1. The van der Waals surface area contributed by atoms with Gasteiger partial charge in [0.05, 0.1) is 0 Å². The molecular weight excluding hydrogens is 236 g/mol. The number of aromatic nitrogens is 2. The lowest BCUT2D eigenvalue weighted by Crippen LogP contribution is -2.38. The zero-order chi connectivity index (χ0) is 11.8. The van der Waals surface area contributed by atoms with E-state index in [2.05, 4.69) is 14.9 Å². The molecule has 0 amide bonds. The van der Waals surface area contributed by atoms with Crippen LogP contribution in [-0.2, 0) is 10.8 Å². The second-order valence-corrected chi connectivity index (χ2v) is 6.31. The van der Waals surface area contributed by atoms with E-state index in [1.54, 1.807) is 0 Å². The molecule has 1 aliphatic carbocycles. The highest BCUT2D eigenvalue weighted by Crippen LogP contribution is 2.38. The molecule has 5 nitrogen and oxygen atoms in total. The molecule has 1 aromatic heterocycles. The third-order valence-electron chi connectivity index (χ3n) is 3.19. The maximum atomic E-state index is 11.3. The first-order valence-corrected chi connectivity index (χ1v) is 7.45. The fourth-order valence-electron chi connectivity index (χ4n) is 2.02. The van der Waals surface area contributed by atoms with Crippen LogP contribution >= 0.6 is 0 Å². The first-order valence-electron chi connectivity index (χ1n) is 5.97. The summed E-state index contributed by atoms with van der Waals surface area (Å²) in [6.07, 6.45) is 2.35.